The Morgan fingerprint density at radius 2 is 1.90 bits per heavy atom. The topological polar surface area (TPSA) is 9.23 Å². The second-order valence-corrected chi connectivity index (χ2v) is 5.49. The highest BCUT2D eigenvalue weighted by Gasteiger charge is 2.10. The first kappa shape index (κ1) is 14.9. The highest BCUT2D eigenvalue weighted by atomic mass is 35.5. The van der Waals surface area contributed by atoms with Crippen LogP contribution in [0.1, 0.15) is 36.5 Å². The molecular weight excluding hydrogens is 275 g/mol. The summed E-state index contributed by atoms with van der Waals surface area (Å²) in [6.07, 6.45) is 0. The van der Waals surface area contributed by atoms with Gasteiger partial charge in [0.2, 0.25) is 0 Å². The molecule has 2 aromatic carbocycles. The van der Waals surface area contributed by atoms with Crippen molar-refractivity contribution in [1.82, 2.24) is 0 Å². The molecule has 2 aromatic rings. The molecule has 0 aliphatic carbocycles. The van der Waals surface area contributed by atoms with E-state index in [9.17, 15) is 4.39 Å². The van der Waals surface area contributed by atoms with Crippen molar-refractivity contribution in [2.24, 2.45) is 0 Å². The third-order valence-corrected chi connectivity index (χ3v) is 3.41. The zero-order valence-electron chi connectivity index (χ0n) is 11.9. The number of rotatable bonds is 4. The summed E-state index contributed by atoms with van der Waals surface area (Å²) in [6, 6.07) is 10.6. The van der Waals surface area contributed by atoms with Gasteiger partial charge in [-0.25, -0.2) is 4.39 Å². The highest BCUT2D eigenvalue weighted by molar-refractivity contribution is 6.17. The Morgan fingerprint density at radius 1 is 1.15 bits per heavy atom. The number of hydrogen-bond donors (Lipinski definition) is 0. The molecule has 0 heterocycles. The van der Waals surface area contributed by atoms with E-state index in [1.807, 2.05) is 13.0 Å². The molecule has 0 bridgehead atoms. The van der Waals surface area contributed by atoms with Crippen molar-refractivity contribution in [2.75, 3.05) is 0 Å². The zero-order valence-corrected chi connectivity index (χ0v) is 12.7. The van der Waals surface area contributed by atoms with Crippen molar-refractivity contribution in [1.29, 1.82) is 0 Å². The summed E-state index contributed by atoms with van der Waals surface area (Å²) in [5, 5.41) is 0. The summed E-state index contributed by atoms with van der Waals surface area (Å²) in [5.41, 5.74) is 2.92. The Labute approximate surface area is 124 Å². The molecule has 20 heavy (non-hydrogen) atoms. The van der Waals surface area contributed by atoms with Crippen molar-refractivity contribution in [3.05, 3.63) is 58.9 Å². The fourth-order valence-corrected chi connectivity index (χ4v) is 2.25. The van der Waals surface area contributed by atoms with Crippen LogP contribution in [0.4, 0.5) is 4.39 Å². The van der Waals surface area contributed by atoms with Crippen LogP contribution in [0, 0.1) is 12.7 Å². The maximum Gasteiger partial charge on any atom is 0.131 e. The summed E-state index contributed by atoms with van der Waals surface area (Å²) in [6.45, 7) is 6.22. The minimum atomic E-state index is -0.336. The van der Waals surface area contributed by atoms with Crippen molar-refractivity contribution >= 4 is 11.6 Å². The van der Waals surface area contributed by atoms with Gasteiger partial charge in [0, 0.05) is 11.9 Å². The number of halogens is 2. The number of benzene rings is 2. The van der Waals surface area contributed by atoms with E-state index >= 15 is 0 Å². The third-order valence-electron chi connectivity index (χ3n) is 3.10. The predicted molar refractivity (Wildman–Crippen MR) is 81.3 cm³/mol. The number of hydrogen-bond acceptors (Lipinski definition) is 1. The lowest BCUT2D eigenvalue weighted by Gasteiger charge is -2.15. The standard InChI is InChI=1S/C17H18ClFO/c1-11(2)16-5-4-12(3)6-17(16)20-15-8-13(10-18)7-14(19)9-15/h4-9,11H,10H2,1-3H3. The van der Waals surface area contributed by atoms with Gasteiger partial charge in [0.25, 0.3) is 0 Å². The number of ether oxygens (including phenoxy) is 1. The first-order valence-corrected chi connectivity index (χ1v) is 7.17. The molecule has 0 amide bonds. The lowest BCUT2D eigenvalue weighted by atomic mass is 10.0. The molecule has 0 N–H and O–H groups in total. The van der Waals surface area contributed by atoms with E-state index in [0.29, 0.717) is 17.2 Å². The van der Waals surface area contributed by atoms with E-state index in [1.165, 1.54) is 12.1 Å². The first-order valence-electron chi connectivity index (χ1n) is 6.63. The van der Waals surface area contributed by atoms with Gasteiger partial charge in [-0.05, 0) is 47.7 Å². The quantitative estimate of drug-likeness (QED) is 0.648. The molecule has 0 radical (unpaired) electrons. The zero-order chi connectivity index (χ0) is 14.7. The van der Waals surface area contributed by atoms with Crippen LogP contribution in [0.2, 0.25) is 0 Å². The third kappa shape index (κ3) is 3.51. The van der Waals surface area contributed by atoms with Gasteiger partial charge in [0.05, 0.1) is 0 Å². The molecule has 0 spiro atoms. The smallest absolute Gasteiger partial charge is 0.131 e. The average Bonchev–Trinajstić information content (AvgIpc) is 2.37. The van der Waals surface area contributed by atoms with E-state index in [2.05, 4.69) is 26.0 Å². The minimum Gasteiger partial charge on any atom is -0.457 e. The van der Waals surface area contributed by atoms with Gasteiger partial charge in [-0.15, -0.1) is 11.6 Å². The van der Waals surface area contributed by atoms with Crippen LogP contribution in [0.5, 0.6) is 11.5 Å². The van der Waals surface area contributed by atoms with Crippen LogP contribution in [0.25, 0.3) is 0 Å². The number of alkyl halides is 1. The maximum atomic E-state index is 13.5. The Bertz CT molecular complexity index is 608. The van der Waals surface area contributed by atoms with Gasteiger partial charge in [-0.2, -0.15) is 0 Å². The molecule has 106 valence electrons. The van der Waals surface area contributed by atoms with Crippen LogP contribution >= 0.6 is 11.6 Å². The molecule has 0 aliphatic heterocycles. The van der Waals surface area contributed by atoms with E-state index in [0.717, 1.165) is 16.9 Å². The van der Waals surface area contributed by atoms with Gasteiger partial charge in [-0.3, -0.25) is 0 Å². The molecule has 0 fully saturated rings. The minimum absolute atomic E-state index is 0.263. The van der Waals surface area contributed by atoms with Crippen LogP contribution in [-0.2, 0) is 5.88 Å². The van der Waals surface area contributed by atoms with Crippen LogP contribution in [0.15, 0.2) is 36.4 Å². The summed E-state index contributed by atoms with van der Waals surface area (Å²) < 4.78 is 19.4. The monoisotopic (exact) mass is 292 g/mol. The molecule has 0 aliphatic rings. The lowest BCUT2D eigenvalue weighted by molar-refractivity contribution is 0.467. The molecule has 0 unspecified atom stereocenters. The van der Waals surface area contributed by atoms with E-state index in [1.54, 1.807) is 6.07 Å². The second-order valence-electron chi connectivity index (χ2n) is 5.23. The second kappa shape index (κ2) is 6.27. The highest BCUT2D eigenvalue weighted by Crippen LogP contribution is 2.32. The summed E-state index contributed by atoms with van der Waals surface area (Å²) in [4.78, 5) is 0. The summed E-state index contributed by atoms with van der Waals surface area (Å²) in [5.74, 6) is 1.52. The molecule has 0 saturated carbocycles. The van der Waals surface area contributed by atoms with Crippen LogP contribution in [-0.4, -0.2) is 0 Å². The number of aryl methyl sites for hydroxylation is 1. The van der Waals surface area contributed by atoms with Gasteiger partial charge >= 0.3 is 0 Å². The lowest BCUT2D eigenvalue weighted by Crippen LogP contribution is -1.95. The van der Waals surface area contributed by atoms with Gasteiger partial charge in [0.15, 0.2) is 0 Å². The molecule has 0 aromatic heterocycles. The normalized spacial score (nSPS) is 10.9. The van der Waals surface area contributed by atoms with Crippen LogP contribution in [0.3, 0.4) is 0 Å². The molecule has 0 atom stereocenters. The van der Waals surface area contributed by atoms with E-state index in [4.69, 9.17) is 16.3 Å². The summed E-state index contributed by atoms with van der Waals surface area (Å²) in [7, 11) is 0. The largest absolute Gasteiger partial charge is 0.457 e. The Hall–Kier alpha value is -1.54. The van der Waals surface area contributed by atoms with E-state index in [-0.39, 0.29) is 11.7 Å². The average molecular weight is 293 g/mol. The van der Waals surface area contributed by atoms with Crippen molar-refractivity contribution in [3.63, 3.8) is 0 Å². The Balaban J connectivity index is 2.38. The Morgan fingerprint density at radius 3 is 2.55 bits per heavy atom. The van der Waals surface area contributed by atoms with Gasteiger partial charge < -0.3 is 4.74 Å². The van der Waals surface area contributed by atoms with Crippen molar-refractivity contribution in [2.45, 2.75) is 32.6 Å². The van der Waals surface area contributed by atoms with E-state index < -0.39 is 0 Å². The summed E-state index contributed by atoms with van der Waals surface area (Å²) >= 11 is 5.76. The molecule has 0 saturated heterocycles. The molecular formula is C17H18ClFO. The van der Waals surface area contributed by atoms with Crippen molar-refractivity contribution < 1.29 is 9.13 Å². The fourth-order valence-electron chi connectivity index (χ4n) is 2.09. The van der Waals surface area contributed by atoms with Crippen LogP contribution < -0.4 is 4.74 Å². The molecule has 2 rings (SSSR count). The maximum absolute atomic E-state index is 13.5. The van der Waals surface area contributed by atoms with Gasteiger partial charge in [-0.1, -0.05) is 26.0 Å². The molecule has 3 heteroatoms. The molecule has 1 nitrogen and oxygen atoms in total. The fraction of sp³-hybridized carbons (Fsp3) is 0.294. The first-order chi connectivity index (χ1) is 9.49. The Kier molecular flexibility index (Phi) is 4.66. The van der Waals surface area contributed by atoms with Crippen molar-refractivity contribution in [3.8, 4) is 11.5 Å². The van der Waals surface area contributed by atoms with Gasteiger partial charge in [0.1, 0.15) is 17.3 Å². The predicted octanol–water partition coefficient (Wildman–Crippen LogP) is 5.79. The SMILES string of the molecule is Cc1ccc(C(C)C)c(Oc2cc(F)cc(CCl)c2)c1.